The highest BCUT2D eigenvalue weighted by Gasteiger charge is 2.24. The fourth-order valence-electron chi connectivity index (χ4n) is 3.01. The van der Waals surface area contributed by atoms with Gasteiger partial charge in [-0.3, -0.25) is 14.4 Å². The van der Waals surface area contributed by atoms with Crippen molar-refractivity contribution in [3.05, 3.63) is 42.1 Å². The molecule has 2 heterocycles. The summed E-state index contributed by atoms with van der Waals surface area (Å²) in [6, 6.07) is 7.25. The molecule has 1 aromatic carbocycles. The quantitative estimate of drug-likeness (QED) is 0.269. The molecule has 0 radical (unpaired) electrons. The Morgan fingerprint density at radius 3 is 2.21 bits per heavy atom. The summed E-state index contributed by atoms with van der Waals surface area (Å²) >= 11 is 0. The number of piperazine rings is 2. The largest absolute Gasteiger partial charge is 0.399 e. The number of amides is 3. The summed E-state index contributed by atoms with van der Waals surface area (Å²) in [4.78, 5) is 33.3. The van der Waals surface area contributed by atoms with E-state index in [4.69, 9.17) is 11.5 Å². The van der Waals surface area contributed by atoms with E-state index in [1.54, 1.807) is 0 Å². The van der Waals surface area contributed by atoms with Crippen LogP contribution in [0.15, 0.2) is 36.5 Å². The summed E-state index contributed by atoms with van der Waals surface area (Å²) in [6.45, 7) is 4.94. The van der Waals surface area contributed by atoms with Gasteiger partial charge in [0.2, 0.25) is 17.7 Å². The minimum Gasteiger partial charge on any atom is -0.399 e. The van der Waals surface area contributed by atoms with Crippen LogP contribution < -0.4 is 32.7 Å². The molecule has 0 saturated carbocycles. The van der Waals surface area contributed by atoms with Crippen LogP contribution in [0.3, 0.4) is 0 Å². The van der Waals surface area contributed by atoms with E-state index in [0.717, 1.165) is 36.2 Å². The van der Waals surface area contributed by atoms with E-state index in [0.29, 0.717) is 19.5 Å². The van der Waals surface area contributed by atoms with Gasteiger partial charge in [0.25, 0.3) is 0 Å². The second kappa shape index (κ2) is 11.1. The number of rotatable bonds is 6. The van der Waals surface area contributed by atoms with Gasteiger partial charge in [0, 0.05) is 11.4 Å². The van der Waals surface area contributed by atoms with Gasteiger partial charge in [-0.15, -0.1) is 0 Å². The lowest BCUT2D eigenvalue weighted by Gasteiger charge is -2.27. The van der Waals surface area contributed by atoms with Crippen molar-refractivity contribution in [1.82, 2.24) is 21.3 Å². The van der Waals surface area contributed by atoms with Gasteiger partial charge >= 0.3 is 0 Å². The first-order valence-electron chi connectivity index (χ1n) is 9.72. The van der Waals surface area contributed by atoms with Crippen LogP contribution >= 0.6 is 0 Å². The zero-order chi connectivity index (χ0) is 21.2. The fourth-order valence-corrected chi connectivity index (χ4v) is 3.01. The smallest absolute Gasteiger partial charge is 0.243 e. The van der Waals surface area contributed by atoms with Crippen molar-refractivity contribution in [2.75, 3.05) is 25.4 Å². The number of nitrogens with two attached hydrogens (primary N) is 2. The topological polar surface area (TPSA) is 151 Å². The van der Waals surface area contributed by atoms with E-state index in [2.05, 4.69) is 27.8 Å². The number of carbonyl (C=O) groups excluding carboxylic acids is 3. The first kappa shape index (κ1) is 22.2. The van der Waals surface area contributed by atoms with E-state index < -0.39 is 0 Å². The number of hydrogen-bond donors (Lipinski definition) is 6. The number of nitrogens with one attached hydrogen (secondary N) is 4. The third-order valence-corrected chi connectivity index (χ3v) is 4.67. The van der Waals surface area contributed by atoms with Crippen molar-refractivity contribution in [3.8, 4) is 0 Å². The highest BCUT2D eigenvalue weighted by Crippen LogP contribution is 2.12. The minimum atomic E-state index is -0.354. The Hall–Kier alpha value is -3.07. The fraction of sp³-hybridized carbons (Fsp3) is 0.450. The number of benzene rings is 1. The van der Waals surface area contributed by atoms with Gasteiger partial charge in [0.15, 0.2) is 0 Å². The molecule has 1 aromatic rings. The summed E-state index contributed by atoms with van der Waals surface area (Å²) in [6.07, 6.45) is 3.17. The number of anilines is 1. The normalized spacial score (nSPS) is 21.1. The van der Waals surface area contributed by atoms with Crippen molar-refractivity contribution in [1.29, 1.82) is 0 Å². The molecule has 2 unspecified atom stereocenters. The predicted molar refractivity (Wildman–Crippen MR) is 111 cm³/mol. The molecule has 3 amide bonds. The molecule has 8 N–H and O–H groups in total. The summed E-state index contributed by atoms with van der Waals surface area (Å²) in [5, 5.41) is 11.0. The van der Waals surface area contributed by atoms with Crippen molar-refractivity contribution in [2.24, 2.45) is 5.73 Å². The van der Waals surface area contributed by atoms with Gasteiger partial charge < -0.3 is 32.7 Å². The molecular formula is C20H30N6O3. The maximum atomic E-state index is 11.2. The van der Waals surface area contributed by atoms with Crippen LogP contribution in [-0.4, -0.2) is 49.4 Å². The molecule has 29 heavy (non-hydrogen) atoms. The molecule has 0 spiro atoms. The molecule has 0 aliphatic carbocycles. The SMILES string of the molecule is C=C1NCC(=O)NC1Cc1ccc(N)cc1.NCCCCC1NC(=O)CNC1=O. The molecule has 2 fully saturated rings. The molecular weight excluding hydrogens is 372 g/mol. The zero-order valence-electron chi connectivity index (χ0n) is 16.5. The van der Waals surface area contributed by atoms with E-state index in [1.165, 1.54) is 0 Å². The van der Waals surface area contributed by atoms with Gasteiger partial charge in [-0.1, -0.05) is 18.7 Å². The summed E-state index contributed by atoms with van der Waals surface area (Å²) in [7, 11) is 0. The van der Waals surface area contributed by atoms with Crippen molar-refractivity contribution in [2.45, 2.75) is 37.8 Å². The molecule has 2 atom stereocenters. The number of hydrogen-bond acceptors (Lipinski definition) is 6. The van der Waals surface area contributed by atoms with Crippen LogP contribution in [0.1, 0.15) is 24.8 Å². The lowest BCUT2D eigenvalue weighted by Crippen LogP contribution is -2.56. The van der Waals surface area contributed by atoms with Crippen molar-refractivity contribution in [3.63, 3.8) is 0 Å². The van der Waals surface area contributed by atoms with Gasteiger partial charge in [-0.2, -0.15) is 0 Å². The third-order valence-electron chi connectivity index (χ3n) is 4.67. The maximum Gasteiger partial charge on any atom is 0.243 e. The van der Waals surface area contributed by atoms with Crippen molar-refractivity contribution < 1.29 is 14.4 Å². The van der Waals surface area contributed by atoms with Crippen LogP contribution in [0.25, 0.3) is 0 Å². The van der Waals surface area contributed by atoms with Crippen molar-refractivity contribution >= 4 is 23.4 Å². The Kier molecular flexibility index (Phi) is 8.47. The number of unbranched alkanes of at least 4 members (excludes halogenated alkanes) is 1. The number of carbonyl (C=O) groups is 3. The van der Waals surface area contributed by atoms with Gasteiger partial charge in [0.05, 0.1) is 19.1 Å². The monoisotopic (exact) mass is 402 g/mol. The summed E-state index contributed by atoms with van der Waals surface area (Å²) in [5.41, 5.74) is 13.7. The molecule has 0 aromatic heterocycles. The molecule has 2 saturated heterocycles. The highest BCUT2D eigenvalue weighted by atomic mass is 16.2. The average molecular weight is 402 g/mol. The lowest BCUT2D eigenvalue weighted by molar-refractivity contribution is -0.133. The van der Waals surface area contributed by atoms with Gasteiger partial charge in [0.1, 0.15) is 6.04 Å². The Morgan fingerprint density at radius 2 is 1.55 bits per heavy atom. The Labute approximate surface area is 170 Å². The van der Waals surface area contributed by atoms with E-state index in [-0.39, 0.29) is 36.3 Å². The minimum absolute atomic E-state index is 0.00726. The Morgan fingerprint density at radius 1 is 0.931 bits per heavy atom. The van der Waals surface area contributed by atoms with Crippen LogP contribution in [-0.2, 0) is 20.8 Å². The Balaban J connectivity index is 0.000000212. The summed E-state index contributed by atoms with van der Waals surface area (Å²) < 4.78 is 0. The molecule has 2 aliphatic heterocycles. The van der Waals surface area contributed by atoms with E-state index in [9.17, 15) is 14.4 Å². The first-order valence-corrected chi connectivity index (χ1v) is 9.72. The van der Waals surface area contributed by atoms with Crippen LogP contribution in [0.2, 0.25) is 0 Å². The molecule has 3 rings (SSSR count). The van der Waals surface area contributed by atoms with E-state index in [1.807, 2.05) is 24.3 Å². The average Bonchev–Trinajstić information content (AvgIpc) is 2.70. The van der Waals surface area contributed by atoms with E-state index >= 15 is 0 Å². The van der Waals surface area contributed by atoms with Gasteiger partial charge in [-0.05, 0) is 49.9 Å². The molecule has 2 aliphatic rings. The number of nitrogen functional groups attached to an aromatic ring is 1. The van der Waals surface area contributed by atoms with Crippen LogP contribution in [0.4, 0.5) is 5.69 Å². The molecule has 158 valence electrons. The predicted octanol–water partition coefficient (Wildman–Crippen LogP) is -0.857. The second-order valence-electron chi connectivity index (χ2n) is 7.07. The standard InChI is InChI=1S/C12H15N3O.C8H15N3O2/c1-8-11(15-12(16)7-14-8)6-9-2-4-10(13)5-3-9;9-4-2-1-3-6-8(13)10-5-7(12)11-6/h2-5,11,14H,1,6-7,13H2,(H,15,16);6H,1-5,9H2,(H,10,13)(H,11,12). The van der Waals surface area contributed by atoms with Crippen LogP contribution in [0, 0.1) is 0 Å². The summed E-state index contributed by atoms with van der Waals surface area (Å²) in [5.74, 6) is -0.193. The molecule has 9 heteroatoms. The highest BCUT2D eigenvalue weighted by molar-refractivity contribution is 5.94. The third kappa shape index (κ3) is 7.46. The Bertz CT molecular complexity index is 734. The molecule has 0 bridgehead atoms. The molecule has 9 nitrogen and oxygen atoms in total. The van der Waals surface area contributed by atoms with Crippen LogP contribution in [0.5, 0.6) is 0 Å². The lowest BCUT2D eigenvalue weighted by atomic mass is 10.0. The maximum absolute atomic E-state index is 11.2. The second-order valence-corrected chi connectivity index (χ2v) is 7.07. The first-order chi connectivity index (χ1) is 13.9. The zero-order valence-corrected chi connectivity index (χ0v) is 16.5. The van der Waals surface area contributed by atoms with Gasteiger partial charge in [-0.25, -0.2) is 0 Å².